The van der Waals surface area contributed by atoms with Crippen LogP contribution in [0.5, 0.6) is 0 Å². The molecule has 154 valence electrons. The van der Waals surface area contributed by atoms with Crippen molar-refractivity contribution in [3.05, 3.63) is 58.7 Å². The number of rotatable bonds is 5. The quantitative estimate of drug-likeness (QED) is 0.800. The minimum atomic E-state index is -0.00645. The third kappa shape index (κ3) is 5.91. The van der Waals surface area contributed by atoms with E-state index in [1.54, 1.807) is 0 Å². The first-order chi connectivity index (χ1) is 13.8. The predicted molar refractivity (Wildman–Crippen MR) is 118 cm³/mol. The summed E-state index contributed by atoms with van der Waals surface area (Å²) in [5.74, 6) is 0.0657. The first-order valence-corrected chi connectivity index (χ1v) is 10.3. The Hall–Kier alpha value is -2.66. The molecule has 0 radical (unpaired) electrons. The van der Waals surface area contributed by atoms with Gasteiger partial charge in [0.15, 0.2) is 0 Å². The molecule has 29 heavy (non-hydrogen) atoms. The Morgan fingerprint density at radius 1 is 0.862 bits per heavy atom. The van der Waals surface area contributed by atoms with Gasteiger partial charge in [-0.05, 0) is 100 Å². The molecule has 5 nitrogen and oxygen atoms in total. The molecule has 2 amide bonds. The van der Waals surface area contributed by atoms with Crippen molar-refractivity contribution in [1.82, 2.24) is 4.90 Å². The van der Waals surface area contributed by atoms with Crippen LogP contribution in [0.4, 0.5) is 11.4 Å². The summed E-state index contributed by atoms with van der Waals surface area (Å²) >= 11 is 0. The average Bonchev–Trinajstić information content (AvgIpc) is 2.64. The molecule has 5 heteroatoms. The van der Waals surface area contributed by atoms with Gasteiger partial charge >= 0.3 is 0 Å². The molecule has 0 bridgehead atoms. The van der Waals surface area contributed by atoms with Gasteiger partial charge in [-0.3, -0.25) is 14.5 Å². The number of benzene rings is 2. The number of piperidine rings is 1. The molecule has 0 aliphatic carbocycles. The summed E-state index contributed by atoms with van der Waals surface area (Å²) in [6.45, 7) is 10.0. The molecule has 2 aromatic carbocycles. The van der Waals surface area contributed by atoms with Crippen molar-refractivity contribution in [2.24, 2.45) is 5.92 Å². The van der Waals surface area contributed by atoms with Crippen LogP contribution in [0.25, 0.3) is 0 Å². The lowest BCUT2D eigenvalue weighted by Crippen LogP contribution is -2.41. The second-order valence-electron chi connectivity index (χ2n) is 8.26. The highest BCUT2D eigenvalue weighted by atomic mass is 16.2. The van der Waals surface area contributed by atoms with Crippen LogP contribution in [0.1, 0.15) is 35.1 Å². The fourth-order valence-electron chi connectivity index (χ4n) is 3.87. The zero-order valence-corrected chi connectivity index (χ0v) is 17.8. The maximum Gasteiger partial charge on any atom is 0.238 e. The highest BCUT2D eigenvalue weighted by Gasteiger charge is 2.26. The molecule has 1 aliphatic heterocycles. The summed E-state index contributed by atoms with van der Waals surface area (Å²) in [7, 11) is 0. The lowest BCUT2D eigenvalue weighted by atomic mass is 9.95. The van der Waals surface area contributed by atoms with Crippen LogP contribution >= 0.6 is 0 Å². The van der Waals surface area contributed by atoms with E-state index in [1.165, 1.54) is 11.1 Å². The molecule has 0 saturated carbocycles. The molecular weight excluding hydrogens is 362 g/mol. The average molecular weight is 394 g/mol. The highest BCUT2D eigenvalue weighted by molar-refractivity contribution is 5.93. The Balaban J connectivity index is 1.46. The number of carbonyl (C=O) groups is 2. The number of amides is 2. The second-order valence-corrected chi connectivity index (χ2v) is 8.26. The number of likely N-dealkylation sites (tertiary alicyclic amines) is 1. The number of aryl methyl sites for hydroxylation is 4. The molecule has 2 aromatic rings. The Labute approximate surface area is 173 Å². The predicted octanol–water partition coefficient (Wildman–Crippen LogP) is 4.21. The minimum absolute atomic E-state index is 0.00431. The van der Waals surface area contributed by atoms with Crippen molar-refractivity contribution in [2.45, 2.75) is 40.5 Å². The van der Waals surface area contributed by atoms with Crippen molar-refractivity contribution in [2.75, 3.05) is 30.3 Å². The lowest BCUT2D eigenvalue weighted by Gasteiger charge is -2.30. The van der Waals surface area contributed by atoms with Gasteiger partial charge < -0.3 is 10.6 Å². The molecule has 0 atom stereocenters. The molecule has 1 fully saturated rings. The molecular formula is C24H31N3O2. The van der Waals surface area contributed by atoms with E-state index in [4.69, 9.17) is 0 Å². The van der Waals surface area contributed by atoms with Gasteiger partial charge in [-0.2, -0.15) is 0 Å². The van der Waals surface area contributed by atoms with Crippen LogP contribution in [-0.2, 0) is 9.59 Å². The van der Waals surface area contributed by atoms with Crippen LogP contribution in [0, 0.1) is 33.6 Å². The van der Waals surface area contributed by atoms with Crippen LogP contribution < -0.4 is 10.6 Å². The van der Waals surface area contributed by atoms with E-state index in [2.05, 4.69) is 28.5 Å². The third-order valence-corrected chi connectivity index (χ3v) is 5.61. The van der Waals surface area contributed by atoms with E-state index in [9.17, 15) is 9.59 Å². The molecule has 0 unspecified atom stereocenters. The fraction of sp³-hybridized carbons (Fsp3) is 0.417. The SMILES string of the molecule is Cc1cc(C)cc(NC(=O)CN2CCC(C(=O)Nc3ccc(C)c(C)c3)CC2)c1. The van der Waals surface area contributed by atoms with Crippen LogP contribution in [-0.4, -0.2) is 36.3 Å². The largest absolute Gasteiger partial charge is 0.326 e. The molecule has 1 aliphatic rings. The van der Waals surface area contributed by atoms with Gasteiger partial charge in [0, 0.05) is 17.3 Å². The van der Waals surface area contributed by atoms with Gasteiger partial charge in [0.1, 0.15) is 0 Å². The summed E-state index contributed by atoms with van der Waals surface area (Å²) < 4.78 is 0. The third-order valence-electron chi connectivity index (χ3n) is 5.61. The zero-order chi connectivity index (χ0) is 21.0. The normalized spacial score (nSPS) is 15.2. The number of nitrogens with one attached hydrogen (secondary N) is 2. The van der Waals surface area contributed by atoms with E-state index in [0.29, 0.717) is 6.54 Å². The van der Waals surface area contributed by atoms with Gasteiger partial charge in [0.2, 0.25) is 11.8 Å². The highest BCUT2D eigenvalue weighted by Crippen LogP contribution is 2.21. The lowest BCUT2D eigenvalue weighted by molar-refractivity contribution is -0.121. The molecule has 2 N–H and O–H groups in total. The Bertz CT molecular complexity index is 879. The molecule has 3 rings (SSSR count). The van der Waals surface area contributed by atoms with Crippen LogP contribution in [0.3, 0.4) is 0 Å². The van der Waals surface area contributed by atoms with E-state index in [1.807, 2.05) is 51.1 Å². The van der Waals surface area contributed by atoms with Gasteiger partial charge in [0.05, 0.1) is 6.54 Å². The van der Waals surface area contributed by atoms with Crippen molar-refractivity contribution < 1.29 is 9.59 Å². The zero-order valence-electron chi connectivity index (χ0n) is 17.8. The topological polar surface area (TPSA) is 61.4 Å². The van der Waals surface area contributed by atoms with Crippen molar-refractivity contribution in [3.63, 3.8) is 0 Å². The van der Waals surface area contributed by atoms with E-state index >= 15 is 0 Å². The Kier molecular flexibility index (Phi) is 6.70. The summed E-state index contributed by atoms with van der Waals surface area (Å²) in [5, 5.41) is 6.03. The molecule has 1 saturated heterocycles. The first kappa shape index (κ1) is 21.1. The standard InChI is InChI=1S/C24H31N3O2/c1-16-11-17(2)13-22(12-16)25-23(28)15-27-9-7-20(8-10-27)24(29)26-21-6-5-18(3)19(4)14-21/h5-6,11-14,20H,7-10,15H2,1-4H3,(H,25,28)(H,26,29). The van der Waals surface area contributed by atoms with Crippen molar-refractivity contribution in [1.29, 1.82) is 0 Å². The maximum absolute atomic E-state index is 12.6. The van der Waals surface area contributed by atoms with Gasteiger partial charge in [0.25, 0.3) is 0 Å². The number of hydrogen-bond acceptors (Lipinski definition) is 3. The number of carbonyl (C=O) groups excluding carboxylic acids is 2. The summed E-state index contributed by atoms with van der Waals surface area (Å²) in [6, 6.07) is 12.0. The maximum atomic E-state index is 12.6. The first-order valence-electron chi connectivity index (χ1n) is 10.3. The summed E-state index contributed by atoms with van der Waals surface area (Å²) in [4.78, 5) is 27.1. The molecule has 0 aromatic heterocycles. The van der Waals surface area contributed by atoms with Crippen LogP contribution in [0.2, 0.25) is 0 Å². The van der Waals surface area contributed by atoms with Crippen molar-refractivity contribution in [3.8, 4) is 0 Å². The van der Waals surface area contributed by atoms with Gasteiger partial charge in [-0.25, -0.2) is 0 Å². The Morgan fingerprint density at radius 3 is 2.14 bits per heavy atom. The van der Waals surface area contributed by atoms with Gasteiger partial charge in [-0.1, -0.05) is 12.1 Å². The summed E-state index contributed by atoms with van der Waals surface area (Å²) in [5.41, 5.74) is 6.36. The van der Waals surface area contributed by atoms with Crippen molar-refractivity contribution >= 4 is 23.2 Å². The Morgan fingerprint density at radius 2 is 1.52 bits per heavy atom. The second kappa shape index (κ2) is 9.23. The number of hydrogen-bond donors (Lipinski definition) is 2. The van der Waals surface area contributed by atoms with E-state index in [0.717, 1.165) is 48.4 Å². The number of anilines is 2. The number of nitrogens with zero attached hydrogens (tertiary/aromatic N) is 1. The smallest absolute Gasteiger partial charge is 0.238 e. The van der Waals surface area contributed by atoms with Crippen LogP contribution in [0.15, 0.2) is 36.4 Å². The minimum Gasteiger partial charge on any atom is -0.326 e. The molecule has 0 spiro atoms. The fourth-order valence-corrected chi connectivity index (χ4v) is 3.87. The summed E-state index contributed by atoms with van der Waals surface area (Å²) in [6.07, 6.45) is 1.54. The van der Waals surface area contributed by atoms with Gasteiger partial charge in [-0.15, -0.1) is 0 Å². The van der Waals surface area contributed by atoms with E-state index in [-0.39, 0.29) is 17.7 Å². The monoisotopic (exact) mass is 393 g/mol. The molecule has 1 heterocycles. The van der Waals surface area contributed by atoms with E-state index < -0.39 is 0 Å².